The number of benzene rings is 1. The molecule has 26 heavy (non-hydrogen) atoms. The van der Waals surface area contributed by atoms with E-state index in [2.05, 4.69) is 39.1 Å². The Kier molecular flexibility index (Phi) is 10.4. The average Bonchev–Trinajstić information content (AvgIpc) is 2.64. The second-order valence-electron chi connectivity index (χ2n) is 5.59. The number of guanidine groups is 1. The molecule has 0 saturated carbocycles. The molecule has 0 unspecified atom stereocenters. The van der Waals surface area contributed by atoms with Crippen LogP contribution >= 0.6 is 0 Å². The van der Waals surface area contributed by atoms with Gasteiger partial charge in [-0.3, -0.25) is 4.99 Å². The summed E-state index contributed by atoms with van der Waals surface area (Å²) in [6.07, 6.45) is 0.987. The van der Waals surface area contributed by atoms with E-state index in [1.165, 1.54) is 13.2 Å². The molecule has 148 valence electrons. The van der Waals surface area contributed by atoms with Crippen molar-refractivity contribution in [2.45, 2.75) is 33.4 Å². The Labute approximate surface area is 154 Å². The van der Waals surface area contributed by atoms with E-state index in [0.717, 1.165) is 32.6 Å². The van der Waals surface area contributed by atoms with Crippen molar-refractivity contribution >= 4 is 5.96 Å². The summed E-state index contributed by atoms with van der Waals surface area (Å²) in [6.45, 7) is 5.55. The van der Waals surface area contributed by atoms with E-state index in [1.807, 2.05) is 0 Å². The fourth-order valence-electron chi connectivity index (χ4n) is 2.48. The minimum atomic E-state index is -2.88. The summed E-state index contributed by atoms with van der Waals surface area (Å²) in [5.74, 6) is 1.30. The number of alkyl halides is 2. The molecule has 0 bridgehead atoms. The fraction of sp³-hybridized carbons (Fsp3) is 0.611. The maximum atomic E-state index is 12.6. The minimum Gasteiger partial charge on any atom is -0.497 e. The minimum absolute atomic E-state index is 0.116. The zero-order valence-corrected chi connectivity index (χ0v) is 16.0. The van der Waals surface area contributed by atoms with Crippen molar-refractivity contribution in [2.24, 2.45) is 4.99 Å². The van der Waals surface area contributed by atoms with Crippen molar-refractivity contribution in [3.8, 4) is 11.5 Å². The van der Waals surface area contributed by atoms with Crippen LogP contribution < -0.4 is 20.1 Å². The molecule has 0 atom stereocenters. The number of nitrogens with zero attached hydrogens (tertiary/aromatic N) is 2. The van der Waals surface area contributed by atoms with Gasteiger partial charge in [0.25, 0.3) is 0 Å². The van der Waals surface area contributed by atoms with Crippen molar-refractivity contribution < 1.29 is 18.3 Å². The lowest BCUT2D eigenvalue weighted by Crippen LogP contribution is -2.38. The van der Waals surface area contributed by atoms with Gasteiger partial charge >= 0.3 is 6.61 Å². The number of rotatable bonds is 11. The van der Waals surface area contributed by atoms with Gasteiger partial charge in [0.15, 0.2) is 5.96 Å². The van der Waals surface area contributed by atoms with Crippen LogP contribution in [0, 0.1) is 0 Å². The SMILES string of the molecule is CCN(CC)CCCNC(=NC)NCc1cc(OC)ccc1OC(F)F. The average molecular weight is 372 g/mol. The molecule has 0 aliphatic heterocycles. The van der Waals surface area contributed by atoms with E-state index in [4.69, 9.17) is 4.74 Å². The molecular weight excluding hydrogens is 342 g/mol. The fourth-order valence-corrected chi connectivity index (χ4v) is 2.48. The van der Waals surface area contributed by atoms with Crippen molar-refractivity contribution in [1.29, 1.82) is 0 Å². The molecule has 0 spiro atoms. The zero-order chi connectivity index (χ0) is 19.4. The number of aliphatic imine (C=N–C) groups is 1. The maximum absolute atomic E-state index is 12.6. The van der Waals surface area contributed by atoms with Gasteiger partial charge in [-0.25, -0.2) is 0 Å². The number of hydrogen-bond acceptors (Lipinski definition) is 4. The van der Waals surface area contributed by atoms with Crippen LogP contribution in [-0.2, 0) is 6.54 Å². The highest BCUT2D eigenvalue weighted by molar-refractivity contribution is 5.79. The Hall–Kier alpha value is -2.09. The van der Waals surface area contributed by atoms with Gasteiger partial charge in [-0.1, -0.05) is 13.8 Å². The predicted octanol–water partition coefficient (Wildman–Crippen LogP) is 2.69. The van der Waals surface area contributed by atoms with Crippen molar-refractivity contribution in [3.63, 3.8) is 0 Å². The number of nitrogens with one attached hydrogen (secondary N) is 2. The molecule has 0 fully saturated rings. The van der Waals surface area contributed by atoms with Gasteiger partial charge in [-0.15, -0.1) is 0 Å². The van der Waals surface area contributed by atoms with Crippen LogP contribution in [-0.4, -0.2) is 57.8 Å². The molecule has 8 heteroatoms. The summed E-state index contributed by atoms with van der Waals surface area (Å²) in [7, 11) is 3.19. The highest BCUT2D eigenvalue weighted by Crippen LogP contribution is 2.25. The van der Waals surface area contributed by atoms with E-state index < -0.39 is 6.61 Å². The quantitative estimate of drug-likeness (QED) is 0.355. The third-order valence-electron chi connectivity index (χ3n) is 3.99. The molecular formula is C18H30F2N4O2. The van der Waals surface area contributed by atoms with Crippen molar-refractivity contribution in [3.05, 3.63) is 23.8 Å². The molecule has 6 nitrogen and oxygen atoms in total. The van der Waals surface area contributed by atoms with Crippen molar-refractivity contribution in [2.75, 3.05) is 40.3 Å². The van der Waals surface area contributed by atoms with Gasteiger partial charge < -0.3 is 25.0 Å². The van der Waals surface area contributed by atoms with Gasteiger partial charge in [0.05, 0.1) is 7.11 Å². The monoisotopic (exact) mass is 372 g/mol. The molecule has 1 aromatic carbocycles. The molecule has 0 heterocycles. The molecule has 1 aromatic rings. The molecule has 0 aliphatic rings. The second kappa shape index (κ2) is 12.3. The van der Waals surface area contributed by atoms with Crippen molar-refractivity contribution in [1.82, 2.24) is 15.5 Å². The highest BCUT2D eigenvalue weighted by atomic mass is 19.3. The standard InChI is InChI=1S/C18H30F2N4O2/c1-5-24(6-2)11-7-10-22-18(21-3)23-13-14-12-15(25-4)8-9-16(14)26-17(19)20/h8-9,12,17H,5-7,10-11,13H2,1-4H3,(H2,21,22,23). The summed E-state index contributed by atoms with van der Waals surface area (Å²) in [5.41, 5.74) is 0.566. The highest BCUT2D eigenvalue weighted by Gasteiger charge is 2.11. The molecule has 0 saturated heterocycles. The summed E-state index contributed by atoms with van der Waals surface area (Å²) in [6, 6.07) is 4.72. The first-order chi connectivity index (χ1) is 12.5. The molecule has 0 aliphatic carbocycles. The lowest BCUT2D eigenvalue weighted by Gasteiger charge is -2.19. The van der Waals surface area contributed by atoms with E-state index >= 15 is 0 Å². The number of halogens is 2. The van der Waals surface area contributed by atoms with Crippen LogP contribution in [0.15, 0.2) is 23.2 Å². The first-order valence-electron chi connectivity index (χ1n) is 8.82. The predicted molar refractivity (Wildman–Crippen MR) is 100 cm³/mol. The van der Waals surface area contributed by atoms with Gasteiger partial charge in [0, 0.05) is 25.7 Å². The molecule has 2 N–H and O–H groups in total. The summed E-state index contributed by atoms with van der Waals surface area (Å²) < 4.78 is 34.8. The number of methoxy groups -OCH3 is 1. The van der Waals surface area contributed by atoms with E-state index in [-0.39, 0.29) is 12.3 Å². The first kappa shape index (κ1) is 22.0. The van der Waals surface area contributed by atoms with Crippen LogP contribution in [0.5, 0.6) is 11.5 Å². The van der Waals surface area contributed by atoms with Gasteiger partial charge in [0.2, 0.25) is 0 Å². The van der Waals surface area contributed by atoms with Crippen LogP contribution in [0.4, 0.5) is 8.78 Å². The van der Waals surface area contributed by atoms with Crippen LogP contribution in [0.25, 0.3) is 0 Å². The molecule has 1 rings (SSSR count). The largest absolute Gasteiger partial charge is 0.497 e. The lowest BCUT2D eigenvalue weighted by atomic mass is 10.2. The summed E-state index contributed by atoms with van der Waals surface area (Å²) >= 11 is 0. The normalized spacial score (nSPS) is 11.8. The smallest absolute Gasteiger partial charge is 0.387 e. The lowest BCUT2D eigenvalue weighted by molar-refractivity contribution is -0.0504. The van der Waals surface area contributed by atoms with E-state index in [9.17, 15) is 8.78 Å². The first-order valence-corrected chi connectivity index (χ1v) is 8.82. The molecule has 0 amide bonds. The van der Waals surface area contributed by atoms with Crippen LogP contribution in [0.3, 0.4) is 0 Å². The van der Waals surface area contributed by atoms with E-state index in [1.54, 1.807) is 19.2 Å². The topological polar surface area (TPSA) is 58.1 Å². The number of ether oxygens (including phenoxy) is 2. The van der Waals surface area contributed by atoms with Gasteiger partial charge in [0.1, 0.15) is 11.5 Å². The van der Waals surface area contributed by atoms with Crippen LogP contribution in [0.2, 0.25) is 0 Å². The summed E-state index contributed by atoms with van der Waals surface area (Å²) in [4.78, 5) is 6.50. The van der Waals surface area contributed by atoms with Gasteiger partial charge in [-0.2, -0.15) is 8.78 Å². The Bertz CT molecular complexity index is 552. The molecule has 0 aromatic heterocycles. The Balaban J connectivity index is 2.56. The molecule has 0 radical (unpaired) electrons. The third kappa shape index (κ3) is 7.86. The van der Waals surface area contributed by atoms with Crippen LogP contribution in [0.1, 0.15) is 25.8 Å². The Morgan fingerprint density at radius 1 is 1.23 bits per heavy atom. The Morgan fingerprint density at radius 3 is 2.54 bits per heavy atom. The Morgan fingerprint density at radius 2 is 1.96 bits per heavy atom. The second-order valence-corrected chi connectivity index (χ2v) is 5.59. The number of hydrogen-bond donors (Lipinski definition) is 2. The maximum Gasteiger partial charge on any atom is 0.387 e. The van der Waals surface area contributed by atoms with E-state index in [0.29, 0.717) is 17.3 Å². The third-order valence-corrected chi connectivity index (χ3v) is 3.99. The zero-order valence-electron chi connectivity index (χ0n) is 16.0. The van der Waals surface area contributed by atoms with Gasteiger partial charge in [-0.05, 0) is 44.3 Å². The summed E-state index contributed by atoms with van der Waals surface area (Å²) in [5, 5.41) is 6.34.